The van der Waals surface area contributed by atoms with Crippen molar-refractivity contribution < 1.29 is 0 Å². The molecule has 8 aromatic rings. The molecule has 0 spiro atoms. The molecule has 5 heterocycles. The van der Waals surface area contributed by atoms with Gasteiger partial charge in [-0.1, -0.05) is 129 Å². The van der Waals surface area contributed by atoms with Gasteiger partial charge in [-0.2, -0.15) is 0 Å². The topological polar surface area (TPSA) is 32.3 Å². The normalized spacial score (nSPS) is 13.2. The Morgan fingerprint density at radius 3 is 1.17 bits per heavy atom. The molecule has 11 rings (SSSR count). The lowest BCUT2D eigenvalue weighted by Gasteiger charge is -2.49. The number of nitrogens with zero attached hydrogens (tertiary/aromatic N) is 4. The van der Waals surface area contributed by atoms with Gasteiger partial charge < -0.3 is 9.80 Å². The molecule has 0 amide bonds. The van der Waals surface area contributed by atoms with Crippen molar-refractivity contribution in [1.29, 1.82) is 0 Å². The molecule has 0 fully saturated rings. The third-order valence-electron chi connectivity index (χ3n) is 12.8. The Balaban J connectivity index is 1.25. The van der Waals surface area contributed by atoms with Gasteiger partial charge in [0.2, 0.25) is 13.4 Å². The molecule has 3 aliphatic heterocycles. The van der Waals surface area contributed by atoms with Gasteiger partial charge in [-0.3, -0.25) is 9.97 Å². The zero-order valence-electron chi connectivity index (χ0n) is 33.8. The Morgan fingerprint density at radius 1 is 0.379 bits per heavy atom. The van der Waals surface area contributed by atoms with Gasteiger partial charge >= 0.3 is 0 Å². The SMILES string of the molecule is Cc1cc(C)c(B2c3ccc(-c4ccccn4)cc3N3c4cccc5c4N(c4cc(-c6ccccn6)ccc4B5c4c(C)cc(C)cc4C)c4cccc2c43)c(C)c1. The highest BCUT2D eigenvalue weighted by Crippen LogP contribution is 2.55. The molecule has 6 aromatic carbocycles. The van der Waals surface area contributed by atoms with Gasteiger partial charge in [-0.05, 0) is 112 Å². The first-order valence-electron chi connectivity index (χ1n) is 20.4. The average Bonchev–Trinajstić information content (AvgIpc) is 3.23. The van der Waals surface area contributed by atoms with E-state index >= 15 is 0 Å². The predicted molar refractivity (Wildman–Crippen MR) is 246 cm³/mol. The van der Waals surface area contributed by atoms with Crippen LogP contribution in [0.1, 0.15) is 33.4 Å². The Bertz CT molecular complexity index is 2750. The van der Waals surface area contributed by atoms with E-state index in [2.05, 4.69) is 173 Å². The summed E-state index contributed by atoms with van der Waals surface area (Å²) >= 11 is 0. The monoisotopic (exact) mass is 744 g/mol. The third kappa shape index (κ3) is 5.04. The van der Waals surface area contributed by atoms with Gasteiger partial charge in [0.15, 0.2) is 0 Å². The lowest BCUT2D eigenvalue weighted by atomic mass is 9.33. The van der Waals surface area contributed by atoms with E-state index in [9.17, 15) is 0 Å². The maximum atomic E-state index is 4.83. The van der Waals surface area contributed by atoms with Crippen molar-refractivity contribution >= 4 is 80.3 Å². The molecule has 0 N–H and O–H groups in total. The van der Waals surface area contributed by atoms with Crippen molar-refractivity contribution in [2.24, 2.45) is 0 Å². The van der Waals surface area contributed by atoms with Crippen molar-refractivity contribution in [2.75, 3.05) is 9.80 Å². The Kier molecular flexibility index (Phi) is 7.72. The molecule has 0 saturated carbocycles. The molecule has 3 aliphatic rings. The highest BCUT2D eigenvalue weighted by molar-refractivity contribution is 7.00. The Labute approximate surface area is 342 Å². The lowest BCUT2D eigenvalue weighted by molar-refractivity contribution is 1.18. The second-order valence-electron chi connectivity index (χ2n) is 16.6. The molecular formula is C52H42B2N4. The second-order valence-corrected chi connectivity index (χ2v) is 16.6. The van der Waals surface area contributed by atoms with Gasteiger partial charge in [-0.25, -0.2) is 0 Å². The predicted octanol–water partition coefficient (Wildman–Crippen LogP) is 8.57. The molecule has 0 radical (unpaired) electrons. The number of hydrogen-bond acceptors (Lipinski definition) is 4. The van der Waals surface area contributed by atoms with E-state index in [1.807, 2.05) is 24.5 Å². The van der Waals surface area contributed by atoms with Crippen LogP contribution in [0.15, 0.2) is 146 Å². The minimum Gasteiger partial charge on any atom is -0.307 e. The summed E-state index contributed by atoms with van der Waals surface area (Å²) in [5.74, 6) is 0. The molecule has 2 aromatic heterocycles. The molecular weight excluding hydrogens is 702 g/mol. The minimum absolute atomic E-state index is 0.0408. The first kappa shape index (κ1) is 34.6. The van der Waals surface area contributed by atoms with Gasteiger partial charge in [-0.15, -0.1) is 0 Å². The summed E-state index contributed by atoms with van der Waals surface area (Å²) in [5, 5.41) is 0. The fraction of sp³-hybridized carbons (Fsp3) is 0.115. The van der Waals surface area contributed by atoms with E-state index in [1.54, 1.807) is 0 Å². The molecule has 0 bridgehead atoms. The summed E-state index contributed by atoms with van der Waals surface area (Å²) in [6.45, 7) is 13.6. The summed E-state index contributed by atoms with van der Waals surface area (Å²) in [7, 11) is 0. The quantitative estimate of drug-likeness (QED) is 0.169. The van der Waals surface area contributed by atoms with Crippen molar-refractivity contribution in [3.63, 3.8) is 0 Å². The van der Waals surface area contributed by atoms with E-state index < -0.39 is 0 Å². The van der Waals surface area contributed by atoms with Crippen LogP contribution in [0.25, 0.3) is 22.5 Å². The number of anilines is 6. The van der Waals surface area contributed by atoms with Crippen molar-refractivity contribution in [3.8, 4) is 22.5 Å². The Morgan fingerprint density at radius 2 is 0.793 bits per heavy atom. The minimum atomic E-state index is 0.0408. The highest BCUT2D eigenvalue weighted by atomic mass is 15.3. The first-order valence-corrected chi connectivity index (χ1v) is 20.4. The summed E-state index contributed by atoms with van der Waals surface area (Å²) in [6, 6.07) is 49.8. The maximum absolute atomic E-state index is 4.83. The van der Waals surface area contributed by atoms with Crippen LogP contribution in [-0.4, -0.2) is 23.4 Å². The summed E-state index contributed by atoms with van der Waals surface area (Å²) < 4.78 is 0. The molecule has 276 valence electrons. The van der Waals surface area contributed by atoms with E-state index in [1.165, 1.54) is 100 Å². The zero-order chi connectivity index (χ0) is 39.4. The summed E-state index contributed by atoms with van der Waals surface area (Å²) in [4.78, 5) is 14.8. The smallest absolute Gasteiger partial charge is 0.247 e. The number of hydrogen-bond donors (Lipinski definition) is 0. The van der Waals surface area contributed by atoms with Crippen LogP contribution < -0.4 is 42.6 Å². The zero-order valence-corrected chi connectivity index (χ0v) is 33.8. The fourth-order valence-corrected chi connectivity index (χ4v) is 10.8. The van der Waals surface area contributed by atoms with Crippen LogP contribution in [0.2, 0.25) is 0 Å². The van der Waals surface area contributed by atoms with Gasteiger partial charge in [0, 0.05) is 34.9 Å². The van der Waals surface area contributed by atoms with Crippen LogP contribution in [0.4, 0.5) is 34.1 Å². The molecule has 0 unspecified atom stereocenters. The summed E-state index contributed by atoms with van der Waals surface area (Å²) in [6.07, 6.45) is 3.78. The molecule has 58 heavy (non-hydrogen) atoms. The van der Waals surface area contributed by atoms with E-state index in [0.29, 0.717) is 0 Å². The number of benzene rings is 6. The number of fused-ring (bicyclic) bond motifs is 6. The van der Waals surface area contributed by atoms with Gasteiger partial charge in [0.1, 0.15) is 0 Å². The number of aromatic nitrogens is 2. The Hall–Kier alpha value is -6.65. The molecule has 6 heteroatoms. The van der Waals surface area contributed by atoms with Gasteiger partial charge in [0.25, 0.3) is 0 Å². The van der Waals surface area contributed by atoms with Crippen LogP contribution in [-0.2, 0) is 0 Å². The van der Waals surface area contributed by atoms with E-state index in [-0.39, 0.29) is 13.4 Å². The average molecular weight is 745 g/mol. The lowest BCUT2D eigenvalue weighted by Crippen LogP contribution is -2.61. The van der Waals surface area contributed by atoms with Crippen molar-refractivity contribution in [1.82, 2.24) is 9.97 Å². The molecule has 0 saturated heterocycles. The number of pyridine rings is 2. The van der Waals surface area contributed by atoms with E-state index in [4.69, 9.17) is 9.97 Å². The standard InChI is InChI=1S/C52H42B2N4/c1-31-25-33(3)49(34(4)26-31)53-39-21-19-37(43-15-7-9-23-55-43)29-47(39)57-46-18-12-14-42-52(46)58(45-17-11-13-41(53)51(45)57)48-30-38(44-16-8-10-24-56-44)20-22-40(48)54(42)50-35(5)27-32(2)28-36(50)6/h7-30H,1-6H3. The second kappa shape index (κ2) is 12.9. The largest absolute Gasteiger partial charge is 0.307 e. The van der Waals surface area contributed by atoms with Crippen LogP contribution in [0.3, 0.4) is 0 Å². The third-order valence-corrected chi connectivity index (χ3v) is 12.8. The van der Waals surface area contributed by atoms with Crippen LogP contribution in [0, 0.1) is 41.5 Å². The number of para-hydroxylation sites is 2. The van der Waals surface area contributed by atoms with Gasteiger partial charge in [0.05, 0.1) is 34.1 Å². The van der Waals surface area contributed by atoms with Crippen molar-refractivity contribution in [3.05, 3.63) is 179 Å². The first-order chi connectivity index (χ1) is 28.3. The van der Waals surface area contributed by atoms with Crippen LogP contribution >= 0.6 is 0 Å². The van der Waals surface area contributed by atoms with E-state index in [0.717, 1.165) is 22.5 Å². The van der Waals surface area contributed by atoms with Crippen LogP contribution in [0.5, 0.6) is 0 Å². The molecule has 0 atom stereocenters. The summed E-state index contributed by atoms with van der Waals surface area (Å²) in [5.41, 5.74) is 27.3. The number of aryl methyl sites for hydroxylation is 6. The number of rotatable bonds is 4. The maximum Gasteiger partial charge on any atom is 0.247 e. The molecule has 0 aliphatic carbocycles. The highest BCUT2D eigenvalue weighted by Gasteiger charge is 2.47. The molecule has 4 nitrogen and oxygen atoms in total. The van der Waals surface area contributed by atoms with Crippen molar-refractivity contribution in [2.45, 2.75) is 41.5 Å². The fourth-order valence-electron chi connectivity index (χ4n) is 10.8.